The highest BCUT2D eigenvalue weighted by Gasteiger charge is 2.40. The molecule has 1 aromatic heterocycles. The number of para-hydroxylation sites is 1. The number of carbonyl (C=O) groups is 1. The second-order valence-corrected chi connectivity index (χ2v) is 9.04. The van der Waals surface area contributed by atoms with Gasteiger partial charge in [-0.15, -0.1) is 11.3 Å². The quantitative estimate of drug-likeness (QED) is 0.333. The van der Waals surface area contributed by atoms with Crippen LogP contribution in [0.3, 0.4) is 0 Å². The monoisotopic (exact) mass is 521 g/mol. The summed E-state index contributed by atoms with van der Waals surface area (Å²) < 4.78 is 52.7. The number of methoxy groups -OCH3 is 1. The minimum absolute atomic E-state index is 0.0694. The van der Waals surface area contributed by atoms with Crippen LogP contribution in [0.25, 0.3) is 10.6 Å². The number of alkyl halides is 3. The van der Waals surface area contributed by atoms with E-state index in [1.165, 1.54) is 7.11 Å². The Morgan fingerprint density at radius 2 is 1.86 bits per heavy atom. The Morgan fingerprint density at radius 3 is 2.53 bits per heavy atom. The van der Waals surface area contributed by atoms with Crippen molar-refractivity contribution in [3.8, 4) is 22.1 Å². The van der Waals surface area contributed by atoms with Crippen molar-refractivity contribution in [3.05, 3.63) is 64.7 Å². The number of thiazole rings is 1. The summed E-state index contributed by atoms with van der Waals surface area (Å²) in [6.07, 6.45) is -4.79. The molecule has 3 aromatic rings. The van der Waals surface area contributed by atoms with Crippen LogP contribution in [0.5, 0.6) is 11.5 Å². The standard InChI is InChI=1S/C26H30F3N3O3S/c1-5-32(6-2)14-15-35-21-13-8-7-12-20(21)25-31-23(26(27,28)29)22(36-25)24(33)30-17(3)18-10-9-11-19(16-18)34-4/h7-13,16-17H,5-6,14-15H2,1-4H3,(H,30,33). The number of aromatic nitrogens is 1. The summed E-state index contributed by atoms with van der Waals surface area (Å²) in [6, 6.07) is 13.2. The van der Waals surface area contributed by atoms with Crippen LogP contribution in [0.15, 0.2) is 48.5 Å². The molecule has 1 N–H and O–H groups in total. The van der Waals surface area contributed by atoms with Crippen LogP contribution in [-0.2, 0) is 6.18 Å². The number of nitrogens with one attached hydrogen (secondary N) is 1. The zero-order chi connectivity index (χ0) is 26.3. The van der Waals surface area contributed by atoms with Gasteiger partial charge >= 0.3 is 6.18 Å². The van der Waals surface area contributed by atoms with Crippen LogP contribution < -0.4 is 14.8 Å². The number of ether oxygens (including phenoxy) is 2. The molecule has 0 bridgehead atoms. The molecule has 10 heteroatoms. The molecule has 0 radical (unpaired) electrons. The zero-order valence-electron chi connectivity index (χ0n) is 20.7. The first-order valence-electron chi connectivity index (χ1n) is 11.6. The molecule has 0 saturated heterocycles. The molecule has 0 saturated carbocycles. The van der Waals surface area contributed by atoms with Crippen LogP contribution in [0.2, 0.25) is 0 Å². The SMILES string of the molecule is CCN(CC)CCOc1ccccc1-c1nc(C(F)(F)F)c(C(=O)NC(C)c2cccc(OC)c2)s1. The first-order valence-corrected chi connectivity index (χ1v) is 12.5. The number of hydrogen-bond acceptors (Lipinski definition) is 6. The second kappa shape index (κ2) is 12.2. The largest absolute Gasteiger partial charge is 0.497 e. The third-order valence-electron chi connectivity index (χ3n) is 5.72. The fourth-order valence-electron chi connectivity index (χ4n) is 3.63. The molecule has 6 nitrogen and oxygen atoms in total. The van der Waals surface area contributed by atoms with Crippen molar-refractivity contribution in [2.75, 3.05) is 33.4 Å². The molecule has 1 unspecified atom stereocenters. The van der Waals surface area contributed by atoms with Gasteiger partial charge in [0.1, 0.15) is 28.0 Å². The van der Waals surface area contributed by atoms with Gasteiger partial charge in [0.25, 0.3) is 5.91 Å². The molecule has 194 valence electrons. The smallest absolute Gasteiger partial charge is 0.435 e. The van der Waals surface area contributed by atoms with Crippen molar-refractivity contribution in [2.24, 2.45) is 0 Å². The van der Waals surface area contributed by atoms with E-state index >= 15 is 0 Å². The minimum atomic E-state index is -4.79. The Morgan fingerprint density at radius 1 is 1.14 bits per heavy atom. The zero-order valence-corrected chi connectivity index (χ0v) is 21.5. The van der Waals surface area contributed by atoms with E-state index in [-0.39, 0.29) is 5.01 Å². The molecular weight excluding hydrogens is 491 g/mol. The van der Waals surface area contributed by atoms with Gasteiger partial charge in [-0.1, -0.05) is 38.1 Å². The van der Waals surface area contributed by atoms with Crippen LogP contribution in [0.1, 0.15) is 47.7 Å². The normalized spacial score (nSPS) is 12.4. The number of nitrogens with zero attached hydrogens (tertiary/aromatic N) is 2. The van der Waals surface area contributed by atoms with Gasteiger partial charge in [0.15, 0.2) is 5.69 Å². The summed E-state index contributed by atoms with van der Waals surface area (Å²) in [6.45, 7) is 8.59. The maximum Gasteiger partial charge on any atom is 0.435 e. The Labute approximate surface area is 213 Å². The van der Waals surface area contributed by atoms with Gasteiger partial charge in [0.05, 0.1) is 18.7 Å². The number of likely N-dealkylation sites (N-methyl/N-ethyl adjacent to an activating group) is 1. The summed E-state index contributed by atoms with van der Waals surface area (Å²) in [5.74, 6) is 0.160. The van der Waals surface area contributed by atoms with Crippen LogP contribution in [0, 0.1) is 0 Å². The van der Waals surface area contributed by atoms with Gasteiger partial charge in [-0.05, 0) is 49.8 Å². The van der Waals surface area contributed by atoms with E-state index in [0.717, 1.165) is 13.1 Å². The molecule has 1 heterocycles. The van der Waals surface area contributed by atoms with Gasteiger partial charge in [-0.2, -0.15) is 13.2 Å². The molecule has 0 aliphatic heterocycles. The highest BCUT2D eigenvalue weighted by atomic mass is 32.1. The van der Waals surface area contributed by atoms with Crippen molar-refractivity contribution < 1.29 is 27.4 Å². The molecule has 2 aromatic carbocycles. The number of hydrogen-bond donors (Lipinski definition) is 1. The van der Waals surface area contributed by atoms with Crippen molar-refractivity contribution in [3.63, 3.8) is 0 Å². The fraction of sp³-hybridized carbons (Fsp3) is 0.385. The molecule has 1 amide bonds. The Kier molecular flexibility index (Phi) is 9.33. The number of benzene rings is 2. The molecule has 1 atom stereocenters. The fourth-order valence-corrected chi connectivity index (χ4v) is 4.65. The molecule has 0 aliphatic carbocycles. The van der Waals surface area contributed by atoms with Crippen LogP contribution >= 0.6 is 11.3 Å². The van der Waals surface area contributed by atoms with E-state index < -0.39 is 28.7 Å². The molecule has 0 fully saturated rings. The summed E-state index contributed by atoms with van der Waals surface area (Å²) in [5, 5.41) is 2.72. The minimum Gasteiger partial charge on any atom is -0.497 e. The predicted octanol–water partition coefficient (Wildman–Crippen LogP) is 6.05. The Hall–Kier alpha value is -3.11. The first-order chi connectivity index (χ1) is 17.2. The van der Waals surface area contributed by atoms with E-state index in [2.05, 4.69) is 15.2 Å². The third kappa shape index (κ3) is 6.76. The first kappa shape index (κ1) is 27.5. The van der Waals surface area contributed by atoms with Gasteiger partial charge in [0.2, 0.25) is 0 Å². The number of halogens is 3. The highest BCUT2D eigenvalue weighted by molar-refractivity contribution is 7.17. The molecule has 3 rings (SSSR count). The maximum absolute atomic E-state index is 13.9. The van der Waals surface area contributed by atoms with E-state index in [9.17, 15) is 18.0 Å². The number of carbonyl (C=O) groups excluding carboxylic acids is 1. The lowest BCUT2D eigenvalue weighted by molar-refractivity contribution is -0.141. The van der Waals surface area contributed by atoms with Gasteiger partial charge in [0, 0.05) is 6.54 Å². The van der Waals surface area contributed by atoms with Gasteiger partial charge in [-0.3, -0.25) is 4.79 Å². The van der Waals surface area contributed by atoms with Crippen LogP contribution in [0.4, 0.5) is 13.2 Å². The molecule has 0 spiro atoms. The van der Waals surface area contributed by atoms with E-state index in [1.54, 1.807) is 55.5 Å². The van der Waals surface area contributed by atoms with Crippen molar-refractivity contribution in [2.45, 2.75) is 33.0 Å². The van der Waals surface area contributed by atoms with E-state index in [4.69, 9.17) is 9.47 Å². The summed E-state index contributed by atoms with van der Waals surface area (Å²) >= 11 is 0.697. The lowest BCUT2D eigenvalue weighted by atomic mass is 10.1. The molecular formula is C26H30F3N3O3S. The van der Waals surface area contributed by atoms with Crippen molar-refractivity contribution in [1.82, 2.24) is 15.2 Å². The number of rotatable bonds is 11. The maximum atomic E-state index is 13.9. The predicted molar refractivity (Wildman–Crippen MR) is 135 cm³/mol. The summed E-state index contributed by atoms with van der Waals surface area (Å²) in [4.78, 5) is 18.5. The van der Waals surface area contributed by atoms with Gasteiger partial charge in [-0.25, -0.2) is 4.98 Å². The average Bonchev–Trinajstić information content (AvgIpc) is 3.33. The van der Waals surface area contributed by atoms with E-state index in [0.29, 0.717) is 47.1 Å². The topological polar surface area (TPSA) is 63.7 Å². The van der Waals surface area contributed by atoms with E-state index in [1.807, 2.05) is 13.8 Å². The summed E-state index contributed by atoms with van der Waals surface area (Å²) in [7, 11) is 1.52. The second-order valence-electron chi connectivity index (χ2n) is 8.04. The third-order valence-corrected chi connectivity index (χ3v) is 6.81. The van der Waals surface area contributed by atoms with Crippen LogP contribution in [-0.4, -0.2) is 49.1 Å². The van der Waals surface area contributed by atoms with Gasteiger partial charge < -0.3 is 19.7 Å². The average molecular weight is 522 g/mol. The highest BCUT2D eigenvalue weighted by Crippen LogP contribution is 2.40. The van der Waals surface area contributed by atoms with Crippen molar-refractivity contribution >= 4 is 17.2 Å². The lowest BCUT2D eigenvalue weighted by Crippen LogP contribution is -2.28. The molecule has 36 heavy (non-hydrogen) atoms. The molecule has 0 aliphatic rings. The Bertz CT molecular complexity index is 1160. The van der Waals surface area contributed by atoms with Crippen molar-refractivity contribution in [1.29, 1.82) is 0 Å². The number of amides is 1. The summed E-state index contributed by atoms with van der Waals surface area (Å²) in [5.41, 5.74) is -0.101. The lowest BCUT2D eigenvalue weighted by Gasteiger charge is -2.18. The Balaban J connectivity index is 1.88.